The molecule has 21 heavy (non-hydrogen) atoms. The molecule has 0 bridgehead atoms. The number of aromatic nitrogens is 2. The molecule has 3 rings (SSSR count). The number of amides is 1. The smallest absolute Gasteiger partial charge is 0.239 e. The van der Waals surface area contributed by atoms with Gasteiger partial charge in [-0.1, -0.05) is 36.0 Å². The Hall–Kier alpha value is -1.92. The van der Waals surface area contributed by atoms with Crippen LogP contribution in [0.5, 0.6) is 0 Å². The molecule has 3 aromatic rings. The number of carbonyl (C=O) groups excluding carboxylic acids is 1. The fourth-order valence-corrected chi connectivity index (χ4v) is 3.20. The van der Waals surface area contributed by atoms with Gasteiger partial charge in [-0.3, -0.25) is 4.79 Å². The number of carbonyl (C=O) groups is 1. The van der Waals surface area contributed by atoms with Gasteiger partial charge in [0.1, 0.15) is 0 Å². The van der Waals surface area contributed by atoms with Crippen molar-refractivity contribution in [3.8, 4) is 0 Å². The zero-order chi connectivity index (χ0) is 14.7. The minimum Gasteiger partial charge on any atom is -0.301 e. The topological polar surface area (TPSA) is 54.9 Å². The number of hydrogen-bond donors (Lipinski definition) is 1. The van der Waals surface area contributed by atoms with Gasteiger partial charge < -0.3 is 5.32 Å². The third kappa shape index (κ3) is 3.40. The number of pyridine rings is 1. The summed E-state index contributed by atoms with van der Waals surface area (Å²) in [6.45, 7) is 1.87. The summed E-state index contributed by atoms with van der Waals surface area (Å²) in [5.74, 6) is -0.0649. The van der Waals surface area contributed by atoms with Crippen LogP contribution in [0.2, 0.25) is 0 Å². The van der Waals surface area contributed by atoms with E-state index in [-0.39, 0.29) is 11.2 Å². The number of thiazole rings is 1. The molecule has 0 aliphatic heterocycles. The van der Waals surface area contributed by atoms with E-state index in [0.717, 1.165) is 15.9 Å². The lowest BCUT2D eigenvalue weighted by Crippen LogP contribution is -2.22. The van der Waals surface area contributed by atoms with E-state index in [9.17, 15) is 4.79 Å². The fraction of sp³-hybridized carbons (Fsp3) is 0.133. The van der Waals surface area contributed by atoms with Crippen LogP contribution in [-0.2, 0) is 4.79 Å². The number of hydrogen-bond acceptors (Lipinski definition) is 5. The van der Waals surface area contributed by atoms with Gasteiger partial charge in [0.05, 0.1) is 15.8 Å². The highest BCUT2D eigenvalue weighted by atomic mass is 32.2. The molecule has 1 aromatic carbocycles. The maximum atomic E-state index is 12.1. The van der Waals surface area contributed by atoms with Crippen LogP contribution in [0.15, 0.2) is 53.0 Å². The van der Waals surface area contributed by atoms with E-state index >= 15 is 0 Å². The first kappa shape index (κ1) is 14.0. The van der Waals surface area contributed by atoms with Crippen molar-refractivity contribution >= 4 is 45.0 Å². The molecule has 0 radical (unpaired) electrons. The van der Waals surface area contributed by atoms with Crippen molar-refractivity contribution in [3.05, 3.63) is 48.0 Å². The second-order valence-corrected chi connectivity index (χ2v) is 6.68. The number of nitrogens with zero attached hydrogens (tertiary/aromatic N) is 2. The number of fused-ring (bicyclic) bond motifs is 1. The van der Waals surface area contributed by atoms with Crippen LogP contribution in [0.25, 0.3) is 10.9 Å². The Morgan fingerprint density at radius 2 is 2.14 bits per heavy atom. The third-order valence-electron chi connectivity index (χ3n) is 2.90. The number of nitrogens with one attached hydrogen (secondary N) is 1. The molecule has 4 nitrogen and oxygen atoms in total. The Morgan fingerprint density at radius 3 is 2.95 bits per heavy atom. The van der Waals surface area contributed by atoms with Gasteiger partial charge in [0.25, 0.3) is 0 Å². The molecule has 106 valence electrons. The average Bonchev–Trinajstić information content (AvgIpc) is 3.00. The molecule has 0 spiro atoms. The fourth-order valence-electron chi connectivity index (χ4n) is 1.84. The maximum absolute atomic E-state index is 12.1. The summed E-state index contributed by atoms with van der Waals surface area (Å²) >= 11 is 2.85. The molecule has 0 saturated carbocycles. The Labute approximate surface area is 130 Å². The molecule has 0 aliphatic rings. The van der Waals surface area contributed by atoms with E-state index in [1.165, 1.54) is 23.1 Å². The quantitative estimate of drug-likeness (QED) is 0.744. The molecule has 0 saturated heterocycles. The second-order valence-electron chi connectivity index (χ2n) is 4.43. The Morgan fingerprint density at radius 1 is 1.29 bits per heavy atom. The van der Waals surface area contributed by atoms with Gasteiger partial charge in [-0.2, -0.15) is 0 Å². The summed E-state index contributed by atoms with van der Waals surface area (Å²) in [5, 5.41) is 6.96. The van der Waals surface area contributed by atoms with Gasteiger partial charge in [-0.05, 0) is 19.1 Å². The first-order chi connectivity index (χ1) is 10.2. The number of anilines is 1. The molecule has 6 heteroatoms. The molecule has 1 atom stereocenters. The highest BCUT2D eigenvalue weighted by Crippen LogP contribution is 2.25. The summed E-state index contributed by atoms with van der Waals surface area (Å²) in [5.41, 5.74) is 0.940. The molecular weight excluding hydrogens is 302 g/mol. The van der Waals surface area contributed by atoms with Crippen molar-refractivity contribution in [2.45, 2.75) is 17.2 Å². The SMILES string of the molecule is C[C@@H](Sc1ccc2ccccc2n1)C(=O)Nc1nccs1. The van der Waals surface area contributed by atoms with Gasteiger partial charge >= 0.3 is 0 Å². The number of para-hydroxylation sites is 1. The minimum absolute atomic E-state index is 0.0649. The van der Waals surface area contributed by atoms with Crippen LogP contribution in [-0.4, -0.2) is 21.1 Å². The van der Waals surface area contributed by atoms with E-state index in [4.69, 9.17) is 0 Å². The van der Waals surface area contributed by atoms with E-state index in [0.29, 0.717) is 5.13 Å². The summed E-state index contributed by atoms with van der Waals surface area (Å²) in [6.07, 6.45) is 1.67. The molecular formula is C15H13N3OS2. The summed E-state index contributed by atoms with van der Waals surface area (Å²) in [4.78, 5) is 20.7. The standard InChI is InChI=1S/C15H13N3OS2/c1-10(14(19)18-15-16-8-9-20-15)21-13-7-6-11-4-2-3-5-12(11)17-13/h2-10H,1H3,(H,16,18,19)/t10-/m1/s1. The zero-order valence-electron chi connectivity index (χ0n) is 11.3. The first-order valence-corrected chi connectivity index (χ1v) is 8.21. The largest absolute Gasteiger partial charge is 0.301 e. The van der Waals surface area contributed by atoms with Crippen molar-refractivity contribution in [2.24, 2.45) is 0 Å². The Bertz CT molecular complexity index is 758. The van der Waals surface area contributed by atoms with Crippen molar-refractivity contribution < 1.29 is 4.79 Å². The number of rotatable bonds is 4. The normalized spacial score (nSPS) is 12.2. The summed E-state index contributed by atoms with van der Waals surface area (Å²) in [6, 6.07) is 11.9. The molecule has 0 unspecified atom stereocenters. The van der Waals surface area contributed by atoms with Crippen LogP contribution >= 0.6 is 23.1 Å². The van der Waals surface area contributed by atoms with E-state index in [1.54, 1.807) is 6.20 Å². The Balaban J connectivity index is 1.70. The Kier molecular flexibility index (Phi) is 4.17. The molecule has 2 aromatic heterocycles. The predicted octanol–water partition coefficient (Wildman–Crippen LogP) is 3.81. The summed E-state index contributed by atoms with van der Waals surface area (Å²) in [7, 11) is 0. The summed E-state index contributed by atoms with van der Waals surface area (Å²) < 4.78 is 0. The molecule has 0 aliphatic carbocycles. The maximum Gasteiger partial charge on any atom is 0.239 e. The highest BCUT2D eigenvalue weighted by Gasteiger charge is 2.16. The molecule has 1 amide bonds. The van der Waals surface area contributed by atoms with Crippen LogP contribution in [0.3, 0.4) is 0 Å². The predicted molar refractivity (Wildman–Crippen MR) is 87.8 cm³/mol. The van der Waals surface area contributed by atoms with Gasteiger partial charge in [0, 0.05) is 17.0 Å². The number of benzene rings is 1. The molecule has 1 N–H and O–H groups in total. The van der Waals surface area contributed by atoms with Crippen molar-refractivity contribution in [1.29, 1.82) is 0 Å². The van der Waals surface area contributed by atoms with Crippen molar-refractivity contribution in [3.63, 3.8) is 0 Å². The minimum atomic E-state index is -0.234. The van der Waals surface area contributed by atoms with Crippen molar-refractivity contribution in [2.75, 3.05) is 5.32 Å². The second kappa shape index (κ2) is 6.24. The van der Waals surface area contributed by atoms with Crippen LogP contribution in [0.1, 0.15) is 6.92 Å². The molecule has 2 heterocycles. The first-order valence-electron chi connectivity index (χ1n) is 6.45. The highest BCUT2D eigenvalue weighted by molar-refractivity contribution is 8.00. The zero-order valence-corrected chi connectivity index (χ0v) is 12.9. The molecule has 0 fully saturated rings. The van der Waals surface area contributed by atoms with Gasteiger partial charge in [-0.15, -0.1) is 11.3 Å². The lowest BCUT2D eigenvalue weighted by atomic mass is 10.2. The number of thioether (sulfide) groups is 1. The van der Waals surface area contributed by atoms with E-state index in [1.807, 2.05) is 48.7 Å². The van der Waals surface area contributed by atoms with Crippen LogP contribution < -0.4 is 5.32 Å². The monoisotopic (exact) mass is 315 g/mol. The van der Waals surface area contributed by atoms with Crippen LogP contribution in [0.4, 0.5) is 5.13 Å². The average molecular weight is 315 g/mol. The van der Waals surface area contributed by atoms with Crippen molar-refractivity contribution in [1.82, 2.24) is 9.97 Å². The van der Waals surface area contributed by atoms with Gasteiger partial charge in [0.2, 0.25) is 5.91 Å². The third-order valence-corrected chi connectivity index (χ3v) is 4.63. The van der Waals surface area contributed by atoms with E-state index < -0.39 is 0 Å². The van der Waals surface area contributed by atoms with Crippen LogP contribution in [0, 0.1) is 0 Å². The van der Waals surface area contributed by atoms with Gasteiger partial charge in [0.15, 0.2) is 5.13 Å². The van der Waals surface area contributed by atoms with Gasteiger partial charge in [-0.25, -0.2) is 9.97 Å². The lowest BCUT2D eigenvalue weighted by Gasteiger charge is -2.10. The van der Waals surface area contributed by atoms with E-state index in [2.05, 4.69) is 15.3 Å². The lowest BCUT2D eigenvalue weighted by molar-refractivity contribution is -0.115.